The lowest BCUT2D eigenvalue weighted by atomic mass is 9.79. The molecule has 2 aliphatic heterocycles. The summed E-state index contributed by atoms with van der Waals surface area (Å²) < 4.78 is 0. The number of likely N-dealkylation sites (tertiary alicyclic amines) is 1. The first-order valence-electron chi connectivity index (χ1n) is 5.13. The Bertz CT molecular complexity index is 151. The monoisotopic (exact) mass is 168 g/mol. The fourth-order valence-corrected chi connectivity index (χ4v) is 2.61. The minimum Gasteiger partial charge on any atom is -0.316 e. The van der Waals surface area contributed by atoms with Crippen LogP contribution in [0.5, 0.6) is 0 Å². The van der Waals surface area contributed by atoms with Gasteiger partial charge in [0.25, 0.3) is 0 Å². The molecular formula is C10H20N2. The molecule has 1 N–H and O–H groups in total. The van der Waals surface area contributed by atoms with Crippen LogP contribution >= 0.6 is 0 Å². The van der Waals surface area contributed by atoms with Crippen molar-refractivity contribution in [3.63, 3.8) is 0 Å². The highest BCUT2D eigenvalue weighted by Gasteiger charge is 2.44. The number of hydrogen-bond acceptors (Lipinski definition) is 2. The summed E-state index contributed by atoms with van der Waals surface area (Å²) in [5.41, 5.74) is 0.689. The van der Waals surface area contributed by atoms with Gasteiger partial charge in [0.2, 0.25) is 0 Å². The molecule has 0 aromatic rings. The van der Waals surface area contributed by atoms with Crippen molar-refractivity contribution >= 4 is 0 Å². The third-order valence-corrected chi connectivity index (χ3v) is 3.07. The molecule has 2 fully saturated rings. The van der Waals surface area contributed by atoms with E-state index in [-0.39, 0.29) is 0 Å². The predicted molar refractivity (Wildman–Crippen MR) is 51.2 cm³/mol. The van der Waals surface area contributed by atoms with Crippen LogP contribution < -0.4 is 5.32 Å². The van der Waals surface area contributed by atoms with Gasteiger partial charge in [-0.1, -0.05) is 13.8 Å². The topological polar surface area (TPSA) is 15.3 Å². The van der Waals surface area contributed by atoms with Crippen LogP contribution in [-0.2, 0) is 0 Å². The normalized spacial score (nSPS) is 28.2. The highest BCUT2D eigenvalue weighted by Crippen LogP contribution is 2.36. The molecule has 0 aliphatic carbocycles. The zero-order valence-corrected chi connectivity index (χ0v) is 8.27. The zero-order chi connectivity index (χ0) is 8.60. The molecule has 2 heteroatoms. The quantitative estimate of drug-likeness (QED) is 0.660. The molecule has 0 unspecified atom stereocenters. The minimum absolute atomic E-state index is 0.689. The van der Waals surface area contributed by atoms with Gasteiger partial charge in [-0.05, 0) is 18.9 Å². The van der Waals surface area contributed by atoms with Gasteiger partial charge in [0.15, 0.2) is 0 Å². The SMILES string of the molecule is CC(C)CN1CC2(CCNC2)C1. The van der Waals surface area contributed by atoms with Crippen molar-refractivity contribution in [2.75, 3.05) is 32.7 Å². The van der Waals surface area contributed by atoms with Crippen LogP contribution in [0.4, 0.5) is 0 Å². The van der Waals surface area contributed by atoms with Gasteiger partial charge < -0.3 is 10.2 Å². The Kier molecular flexibility index (Phi) is 2.13. The molecule has 0 bridgehead atoms. The third-order valence-electron chi connectivity index (χ3n) is 3.07. The lowest BCUT2D eigenvalue weighted by molar-refractivity contribution is 0.00864. The predicted octanol–water partition coefficient (Wildman–Crippen LogP) is 0.938. The maximum absolute atomic E-state index is 3.46. The van der Waals surface area contributed by atoms with Crippen LogP contribution in [-0.4, -0.2) is 37.6 Å². The number of rotatable bonds is 2. The van der Waals surface area contributed by atoms with E-state index in [0.29, 0.717) is 5.41 Å². The Balaban J connectivity index is 1.75. The van der Waals surface area contributed by atoms with Crippen molar-refractivity contribution in [1.82, 2.24) is 10.2 Å². The zero-order valence-electron chi connectivity index (χ0n) is 8.27. The molecule has 1 spiro atoms. The third kappa shape index (κ3) is 1.50. The van der Waals surface area contributed by atoms with E-state index in [0.717, 1.165) is 5.92 Å². The first-order chi connectivity index (χ1) is 5.70. The summed E-state index contributed by atoms with van der Waals surface area (Å²) in [6, 6.07) is 0. The van der Waals surface area contributed by atoms with E-state index in [1.807, 2.05) is 0 Å². The van der Waals surface area contributed by atoms with E-state index in [1.54, 1.807) is 0 Å². The van der Waals surface area contributed by atoms with Crippen molar-refractivity contribution in [2.24, 2.45) is 11.3 Å². The van der Waals surface area contributed by atoms with Crippen LogP contribution in [0.1, 0.15) is 20.3 Å². The van der Waals surface area contributed by atoms with E-state index in [1.165, 1.54) is 39.1 Å². The van der Waals surface area contributed by atoms with Gasteiger partial charge >= 0.3 is 0 Å². The minimum atomic E-state index is 0.689. The molecule has 2 heterocycles. The van der Waals surface area contributed by atoms with Crippen LogP contribution in [0, 0.1) is 11.3 Å². The molecule has 0 saturated carbocycles. The molecule has 12 heavy (non-hydrogen) atoms. The van der Waals surface area contributed by atoms with Crippen LogP contribution in [0.25, 0.3) is 0 Å². The van der Waals surface area contributed by atoms with E-state index >= 15 is 0 Å². The number of nitrogens with one attached hydrogen (secondary N) is 1. The second-order valence-electron chi connectivity index (χ2n) is 4.99. The first-order valence-corrected chi connectivity index (χ1v) is 5.13. The first kappa shape index (κ1) is 8.52. The van der Waals surface area contributed by atoms with Gasteiger partial charge in [-0.25, -0.2) is 0 Å². The Hall–Kier alpha value is -0.0800. The second kappa shape index (κ2) is 3.00. The molecule has 0 aromatic carbocycles. The maximum Gasteiger partial charge on any atom is 0.00943 e. The van der Waals surface area contributed by atoms with Gasteiger partial charge in [-0.15, -0.1) is 0 Å². The smallest absolute Gasteiger partial charge is 0.00943 e. The standard InChI is InChI=1S/C10H20N2/c1-9(2)5-12-7-10(8-12)3-4-11-6-10/h9,11H,3-8H2,1-2H3. The summed E-state index contributed by atoms with van der Waals surface area (Å²) in [5, 5.41) is 3.46. The Labute approximate surface area is 75.3 Å². The lowest BCUT2D eigenvalue weighted by Gasteiger charge is -2.48. The lowest BCUT2D eigenvalue weighted by Crippen LogP contribution is -2.58. The van der Waals surface area contributed by atoms with Crippen molar-refractivity contribution in [3.8, 4) is 0 Å². The van der Waals surface area contributed by atoms with Gasteiger partial charge in [-0.2, -0.15) is 0 Å². The molecule has 70 valence electrons. The van der Waals surface area contributed by atoms with Gasteiger partial charge in [0.1, 0.15) is 0 Å². The van der Waals surface area contributed by atoms with Crippen LogP contribution in [0.15, 0.2) is 0 Å². The summed E-state index contributed by atoms with van der Waals surface area (Å²) >= 11 is 0. The van der Waals surface area contributed by atoms with Crippen molar-refractivity contribution in [2.45, 2.75) is 20.3 Å². The maximum atomic E-state index is 3.46. The van der Waals surface area contributed by atoms with Crippen LogP contribution in [0.3, 0.4) is 0 Å². The molecule has 2 nitrogen and oxygen atoms in total. The van der Waals surface area contributed by atoms with E-state index in [9.17, 15) is 0 Å². The number of hydrogen-bond donors (Lipinski definition) is 1. The van der Waals surface area contributed by atoms with Gasteiger partial charge in [-0.3, -0.25) is 0 Å². The van der Waals surface area contributed by atoms with Crippen LogP contribution in [0.2, 0.25) is 0 Å². The highest BCUT2D eigenvalue weighted by molar-refractivity contribution is 5.00. The second-order valence-corrected chi connectivity index (χ2v) is 4.99. The van der Waals surface area contributed by atoms with E-state index in [2.05, 4.69) is 24.1 Å². The molecule has 2 rings (SSSR count). The molecule has 0 radical (unpaired) electrons. The van der Waals surface area contributed by atoms with Crippen molar-refractivity contribution in [1.29, 1.82) is 0 Å². The van der Waals surface area contributed by atoms with E-state index in [4.69, 9.17) is 0 Å². The highest BCUT2D eigenvalue weighted by atomic mass is 15.2. The number of nitrogens with zero attached hydrogens (tertiary/aromatic N) is 1. The molecule has 2 aliphatic rings. The Morgan fingerprint density at radius 2 is 2.17 bits per heavy atom. The summed E-state index contributed by atoms with van der Waals surface area (Å²) in [6.07, 6.45) is 1.40. The fraction of sp³-hybridized carbons (Fsp3) is 1.00. The average Bonchev–Trinajstić information content (AvgIpc) is 2.33. The molecule has 0 aromatic heterocycles. The fourth-order valence-electron chi connectivity index (χ4n) is 2.61. The van der Waals surface area contributed by atoms with E-state index < -0.39 is 0 Å². The van der Waals surface area contributed by atoms with Crippen molar-refractivity contribution in [3.05, 3.63) is 0 Å². The summed E-state index contributed by atoms with van der Waals surface area (Å²) in [7, 11) is 0. The Morgan fingerprint density at radius 3 is 2.67 bits per heavy atom. The molecule has 0 amide bonds. The molecule has 2 saturated heterocycles. The summed E-state index contributed by atoms with van der Waals surface area (Å²) in [6.45, 7) is 11.1. The van der Waals surface area contributed by atoms with Gasteiger partial charge in [0.05, 0.1) is 0 Å². The average molecular weight is 168 g/mol. The molecular weight excluding hydrogens is 148 g/mol. The summed E-state index contributed by atoms with van der Waals surface area (Å²) in [5.74, 6) is 0.830. The summed E-state index contributed by atoms with van der Waals surface area (Å²) in [4.78, 5) is 2.59. The van der Waals surface area contributed by atoms with Gasteiger partial charge in [0, 0.05) is 31.6 Å². The van der Waals surface area contributed by atoms with Crippen molar-refractivity contribution < 1.29 is 0 Å². The largest absolute Gasteiger partial charge is 0.316 e. The Morgan fingerprint density at radius 1 is 1.42 bits per heavy atom. The molecule has 0 atom stereocenters.